The summed E-state index contributed by atoms with van der Waals surface area (Å²) in [5.74, 6) is 0. The molecule has 3 nitrogen and oxygen atoms in total. The van der Waals surface area contributed by atoms with Crippen LogP contribution in [0, 0.1) is 0 Å². The molecule has 1 heterocycles. The molecule has 1 aromatic rings. The number of hydrogen-bond acceptors (Lipinski definition) is 3. The Kier molecular flexibility index (Phi) is 3.57. The predicted octanol–water partition coefficient (Wildman–Crippen LogP) is 1.50. The Hall–Kier alpha value is -1.77. The van der Waals surface area contributed by atoms with Crippen LogP contribution in [0.5, 0.6) is 0 Å². The highest BCUT2D eigenvalue weighted by atomic mass is 16.1. The summed E-state index contributed by atoms with van der Waals surface area (Å²) in [4.78, 5) is 24.2. The van der Waals surface area contributed by atoms with Gasteiger partial charge in [-0.15, -0.1) is 0 Å². The quantitative estimate of drug-likeness (QED) is 0.651. The molecular weight excluding hydrogens is 166 g/mol. The van der Waals surface area contributed by atoms with Gasteiger partial charge in [-0.25, -0.2) is 0 Å². The highest BCUT2D eigenvalue weighted by Gasteiger charge is 1.90. The number of nitrogens with zero attached hydrogens (tertiary/aromatic N) is 1. The van der Waals surface area contributed by atoms with Crippen LogP contribution >= 0.6 is 0 Å². The summed E-state index contributed by atoms with van der Waals surface area (Å²) in [6.07, 6.45) is 8.54. The van der Waals surface area contributed by atoms with Gasteiger partial charge in [-0.1, -0.05) is 12.2 Å². The van der Waals surface area contributed by atoms with Crippen molar-refractivity contribution in [2.24, 2.45) is 0 Å². The van der Waals surface area contributed by atoms with Crippen molar-refractivity contribution in [2.75, 3.05) is 0 Å². The number of rotatable bonds is 4. The van der Waals surface area contributed by atoms with Crippen LogP contribution in [0.25, 0.3) is 6.08 Å². The zero-order chi connectivity index (χ0) is 9.52. The van der Waals surface area contributed by atoms with Crippen molar-refractivity contribution in [1.82, 2.24) is 4.98 Å². The molecule has 13 heavy (non-hydrogen) atoms. The second kappa shape index (κ2) is 4.98. The van der Waals surface area contributed by atoms with Crippen molar-refractivity contribution in [3.8, 4) is 0 Å². The maximum absolute atomic E-state index is 10.4. The van der Waals surface area contributed by atoms with Gasteiger partial charge in [-0.3, -0.25) is 9.78 Å². The van der Waals surface area contributed by atoms with Crippen molar-refractivity contribution in [3.63, 3.8) is 0 Å². The molecule has 0 saturated heterocycles. The molecule has 0 aliphatic heterocycles. The average Bonchev–Trinajstić information content (AvgIpc) is 2.19. The highest BCUT2D eigenvalue weighted by molar-refractivity contribution is 5.75. The normalized spacial score (nSPS) is 10.2. The Morgan fingerprint density at radius 1 is 1.23 bits per heavy atom. The van der Waals surface area contributed by atoms with Crippen LogP contribution in [0.15, 0.2) is 24.5 Å². The molecule has 1 rings (SSSR count). The van der Waals surface area contributed by atoms with Crippen molar-refractivity contribution in [3.05, 3.63) is 35.7 Å². The van der Waals surface area contributed by atoms with Gasteiger partial charge in [-0.05, 0) is 11.6 Å². The van der Waals surface area contributed by atoms with Gasteiger partial charge in [0.15, 0.2) is 6.29 Å². The summed E-state index contributed by atoms with van der Waals surface area (Å²) in [5, 5.41) is 0. The minimum absolute atomic E-state index is 0.380. The van der Waals surface area contributed by atoms with Crippen LogP contribution in [0.2, 0.25) is 0 Å². The summed E-state index contributed by atoms with van der Waals surface area (Å²) in [7, 11) is 0. The number of aromatic nitrogens is 1. The largest absolute Gasteiger partial charge is 0.303 e. The van der Waals surface area contributed by atoms with E-state index in [9.17, 15) is 9.59 Å². The second-order valence-electron chi connectivity index (χ2n) is 2.47. The monoisotopic (exact) mass is 175 g/mol. The summed E-state index contributed by atoms with van der Waals surface area (Å²) >= 11 is 0. The zero-order valence-corrected chi connectivity index (χ0v) is 7.01. The Morgan fingerprint density at radius 2 is 2.00 bits per heavy atom. The molecule has 3 heteroatoms. The lowest BCUT2D eigenvalue weighted by Crippen LogP contribution is -1.83. The van der Waals surface area contributed by atoms with E-state index in [1.54, 1.807) is 24.4 Å². The van der Waals surface area contributed by atoms with E-state index in [0.29, 0.717) is 12.0 Å². The number of pyridine rings is 1. The van der Waals surface area contributed by atoms with Gasteiger partial charge in [0.25, 0.3) is 0 Å². The molecule has 0 unspecified atom stereocenters. The number of carbonyl (C=O) groups is 2. The van der Waals surface area contributed by atoms with E-state index in [1.807, 2.05) is 0 Å². The molecule has 0 fully saturated rings. The fourth-order valence-electron chi connectivity index (χ4n) is 0.892. The summed E-state index contributed by atoms with van der Waals surface area (Å²) in [6.45, 7) is 0. The van der Waals surface area contributed by atoms with Gasteiger partial charge in [0.1, 0.15) is 6.29 Å². The molecule has 0 bridgehead atoms. The number of allylic oxidation sites excluding steroid dienone is 1. The number of hydrogen-bond donors (Lipinski definition) is 0. The van der Waals surface area contributed by atoms with Crippen LogP contribution in [0.1, 0.15) is 22.3 Å². The van der Waals surface area contributed by atoms with Crippen LogP contribution < -0.4 is 0 Å². The molecule has 0 aliphatic rings. The first-order valence-corrected chi connectivity index (χ1v) is 3.87. The molecule has 1 aromatic heterocycles. The van der Waals surface area contributed by atoms with Gasteiger partial charge >= 0.3 is 0 Å². The minimum atomic E-state index is 0.380. The minimum Gasteiger partial charge on any atom is -0.303 e. The number of carbonyl (C=O) groups excluding carboxylic acids is 2. The first-order chi connectivity index (χ1) is 6.36. The van der Waals surface area contributed by atoms with Crippen molar-refractivity contribution >= 4 is 18.6 Å². The topological polar surface area (TPSA) is 47.0 Å². The lowest BCUT2D eigenvalue weighted by atomic mass is 10.2. The molecular formula is C10H9NO2. The molecule has 0 atom stereocenters. The van der Waals surface area contributed by atoms with Crippen LogP contribution in [0.3, 0.4) is 0 Å². The van der Waals surface area contributed by atoms with Crippen molar-refractivity contribution in [2.45, 2.75) is 6.42 Å². The molecule has 0 saturated carbocycles. The lowest BCUT2D eigenvalue weighted by Gasteiger charge is -1.92. The van der Waals surface area contributed by atoms with E-state index < -0.39 is 0 Å². The van der Waals surface area contributed by atoms with E-state index in [2.05, 4.69) is 4.98 Å². The van der Waals surface area contributed by atoms with Crippen LogP contribution in [-0.4, -0.2) is 17.6 Å². The maximum Gasteiger partial charge on any atom is 0.151 e. The summed E-state index contributed by atoms with van der Waals surface area (Å²) in [6, 6.07) is 1.71. The number of aldehydes is 2. The second-order valence-corrected chi connectivity index (χ2v) is 2.47. The van der Waals surface area contributed by atoms with E-state index in [4.69, 9.17) is 0 Å². The van der Waals surface area contributed by atoms with E-state index in [1.165, 1.54) is 6.20 Å². The molecule has 0 amide bonds. The SMILES string of the molecule is O=CCC=Cc1cncc(C=O)c1. The van der Waals surface area contributed by atoms with Crippen LogP contribution in [-0.2, 0) is 4.79 Å². The zero-order valence-electron chi connectivity index (χ0n) is 7.01. The maximum atomic E-state index is 10.4. The van der Waals surface area contributed by atoms with E-state index in [-0.39, 0.29) is 0 Å². The Balaban J connectivity index is 2.76. The average molecular weight is 175 g/mol. The van der Waals surface area contributed by atoms with Crippen molar-refractivity contribution in [1.29, 1.82) is 0 Å². The smallest absolute Gasteiger partial charge is 0.151 e. The van der Waals surface area contributed by atoms with Gasteiger partial charge < -0.3 is 4.79 Å². The predicted molar refractivity (Wildman–Crippen MR) is 49.3 cm³/mol. The third-order valence-electron chi connectivity index (χ3n) is 1.46. The highest BCUT2D eigenvalue weighted by Crippen LogP contribution is 2.02. The summed E-state index contributed by atoms with van der Waals surface area (Å²) in [5.41, 5.74) is 1.36. The Labute approximate surface area is 76.1 Å². The molecule has 0 N–H and O–H groups in total. The van der Waals surface area contributed by atoms with Gasteiger partial charge in [0, 0.05) is 24.4 Å². The standard InChI is InChI=1S/C10H9NO2/c12-4-2-1-3-9-5-10(8-13)7-11-6-9/h1,3-8H,2H2. The third kappa shape index (κ3) is 2.99. The van der Waals surface area contributed by atoms with E-state index >= 15 is 0 Å². The van der Waals surface area contributed by atoms with Gasteiger partial charge in [-0.2, -0.15) is 0 Å². The fraction of sp³-hybridized carbons (Fsp3) is 0.100. The molecule has 0 spiro atoms. The fourth-order valence-corrected chi connectivity index (χ4v) is 0.892. The lowest BCUT2D eigenvalue weighted by molar-refractivity contribution is -0.107. The van der Waals surface area contributed by atoms with Crippen molar-refractivity contribution < 1.29 is 9.59 Å². The summed E-state index contributed by atoms with van der Waals surface area (Å²) < 4.78 is 0. The van der Waals surface area contributed by atoms with E-state index in [0.717, 1.165) is 18.1 Å². The Bertz CT molecular complexity index is 331. The molecule has 0 radical (unpaired) electrons. The van der Waals surface area contributed by atoms with Crippen LogP contribution in [0.4, 0.5) is 0 Å². The Morgan fingerprint density at radius 3 is 2.69 bits per heavy atom. The molecule has 0 aromatic carbocycles. The van der Waals surface area contributed by atoms with Gasteiger partial charge in [0.2, 0.25) is 0 Å². The van der Waals surface area contributed by atoms with Gasteiger partial charge in [0.05, 0.1) is 0 Å². The first kappa shape index (κ1) is 9.32. The molecule has 66 valence electrons. The third-order valence-corrected chi connectivity index (χ3v) is 1.46. The molecule has 0 aliphatic carbocycles. The first-order valence-electron chi connectivity index (χ1n) is 3.87.